The summed E-state index contributed by atoms with van der Waals surface area (Å²) in [5.74, 6) is 0.537. The molecule has 9 nitrogen and oxygen atoms in total. The molecule has 2 aliphatic heterocycles. The van der Waals surface area contributed by atoms with Crippen molar-refractivity contribution in [2.24, 2.45) is 0 Å². The zero-order chi connectivity index (χ0) is 28.4. The van der Waals surface area contributed by atoms with Crippen molar-refractivity contribution in [3.63, 3.8) is 0 Å². The molecule has 0 aliphatic carbocycles. The number of alkyl halides is 4. The zero-order valence-electron chi connectivity index (χ0n) is 21.4. The maximum absolute atomic E-state index is 13.2. The van der Waals surface area contributed by atoms with Gasteiger partial charge in [-0.2, -0.15) is 13.5 Å². The van der Waals surface area contributed by atoms with Gasteiger partial charge in [-0.15, -0.1) is 11.3 Å². The van der Waals surface area contributed by atoms with Gasteiger partial charge in [0, 0.05) is 55.4 Å². The summed E-state index contributed by atoms with van der Waals surface area (Å²) in [6.45, 7) is 2.22. The van der Waals surface area contributed by atoms with Gasteiger partial charge in [-0.1, -0.05) is 12.1 Å². The Bertz CT molecular complexity index is 1470. The number of halogens is 4. The first kappa shape index (κ1) is 28.5. The average Bonchev–Trinajstić information content (AvgIpc) is 3.51. The second-order valence-electron chi connectivity index (χ2n) is 9.64. The molecule has 0 radical (unpaired) electrons. The van der Waals surface area contributed by atoms with E-state index in [9.17, 15) is 26.0 Å². The normalized spacial score (nSPS) is 19.0. The van der Waals surface area contributed by atoms with Crippen LogP contribution in [-0.2, 0) is 23.2 Å². The monoisotopic (exact) mass is 600 g/mol. The number of piperidine rings is 1. The summed E-state index contributed by atoms with van der Waals surface area (Å²) in [7, 11) is -3.66. The Labute approximate surface area is 233 Å². The second kappa shape index (κ2) is 11.8. The van der Waals surface area contributed by atoms with Gasteiger partial charge in [0.05, 0.1) is 17.0 Å². The summed E-state index contributed by atoms with van der Waals surface area (Å²) in [4.78, 5) is 6.82. The predicted molar refractivity (Wildman–Crippen MR) is 141 cm³/mol. The maximum atomic E-state index is 13.2. The van der Waals surface area contributed by atoms with Crippen molar-refractivity contribution in [2.75, 3.05) is 19.3 Å². The minimum atomic E-state index is -3.66. The molecular weight excluding hydrogens is 572 g/mol. The SMILES string of the molecule is CS(=O)(=O)Oc1cccc2c1CNC(c1csc(C3CCN(C=Cn4nc(C(F)F)cc4C(F)F)CC3)n1)NC2. The molecule has 0 spiro atoms. The number of hydrogen-bond acceptors (Lipinski definition) is 9. The number of hydrogen-bond donors (Lipinski definition) is 2. The molecule has 40 heavy (non-hydrogen) atoms. The number of nitrogens with one attached hydrogen (secondary N) is 2. The molecule has 0 saturated carbocycles. The molecule has 4 heterocycles. The van der Waals surface area contributed by atoms with Crippen LogP contribution in [0.1, 0.15) is 71.0 Å². The predicted octanol–water partition coefficient (Wildman–Crippen LogP) is 4.75. The van der Waals surface area contributed by atoms with Gasteiger partial charge < -0.3 is 9.08 Å². The van der Waals surface area contributed by atoms with Crippen molar-refractivity contribution < 1.29 is 30.2 Å². The lowest BCUT2D eigenvalue weighted by atomic mass is 9.98. The largest absolute Gasteiger partial charge is 0.382 e. The summed E-state index contributed by atoms with van der Waals surface area (Å²) < 4.78 is 81.6. The fraction of sp³-hybridized carbons (Fsp3) is 0.440. The Hall–Kier alpha value is -3.01. The highest BCUT2D eigenvalue weighted by atomic mass is 32.2. The van der Waals surface area contributed by atoms with Crippen LogP contribution in [0.3, 0.4) is 0 Å². The third-order valence-corrected chi connectivity index (χ3v) is 8.32. The van der Waals surface area contributed by atoms with Crippen molar-refractivity contribution in [2.45, 2.75) is 50.9 Å². The minimum absolute atomic E-state index is 0.230. The van der Waals surface area contributed by atoms with Crippen molar-refractivity contribution in [3.8, 4) is 5.75 Å². The summed E-state index contributed by atoms with van der Waals surface area (Å²) in [6, 6.07) is 6.05. The van der Waals surface area contributed by atoms with E-state index in [0.717, 1.165) is 51.7 Å². The summed E-state index contributed by atoms with van der Waals surface area (Å²) in [6.07, 6.45) is -0.557. The zero-order valence-corrected chi connectivity index (χ0v) is 23.1. The Kier molecular flexibility index (Phi) is 8.44. The molecule has 1 saturated heterocycles. The van der Waals surface area contributed by atoms with E-state index in [1.54, 1.807) is 29.7 Å². The molecule has 0 bridgehead atoms. The van der Waals surface area contributed by atoms with Gasteiger partial charge in [0.1, 0.15) is 23.3 Å². The van der Waals surface area contributed by atoms with Crippen molar-refractivity contribution in [3.05, 3.63) is 69.1 Å². The van der Waals surface area contributed by atoms with Gasteiger partial charge >= 0.3 is 10.1 Å². The lowest BCUT2D eigenvalue weighted by Crippen LogP contribution is -2.31. The first-order valence-electron chi connectivity index (χ1n) is 12.6. The Morgan fingerprint density at radius 2 is 1.85 bits per heavy atom. The lowest BCUT2D eigenvalue weighted by molar-refractivity contribution is 0.143. The minimum Gasteiger partial charge on any atom is -0.382 e. The highest BCUT2D eigenvalue weighted by Gasteiger charge is 2.26. The topological polar surface area (TPSA) is 101 Å². The van der Waals surface area contributed by atoms with E-state index in [2.05, 4.69) is 15.7 Å². The smallest absolute Gasteiger partial charge is 0.306 e. The molecule has 3 aromatic rings. The van der Waals surface area contributed by atoms with Crippen molar-refractivity contribution >= 4 is 27.7 Å². The number of rotatable bonds is 8. The molecule has 216 valence electrons. The molecule has 0 amide bonds. The van der Waals surface area contributed by atoms with Crippen molar-refractivity contribution in [1.29, 1.82) is 0 Å². The Morgan fingerprint density at radius 3 is 2.55 bits per heavy atom. The fourth-order valence-electron chi connectivity index (χ4n) is 4.81. The van der Waals surface area contributed by atoms with Crippen LogP contribution < -0.4 is 14.8 Å². The van der Waals surface area contributed by atoms with Crippen LogP contribution in [0.5, 0.6) is 5.75 Å². The number of fused-ring (bicyclic) bond motifs is 1. The molecule has 2 aliphatic rings. The van der Waals surface area contributed by atoms with Gasteiger partial charge in [0.25, 0.3) is 12.9 Å². The number of thiazole rings is 1. The average molecular weight is 601 g/mol. The van der Waals surface area contributed by atoms with Gasteiger partial charge in [-0.3, -0.25) is 10.6 Å². The van der Waals surface area contributed by atoms with Crippen LogP contribution in [0.4, 0.5) is 17.6 Å². The molecule has 5 rings (SSSR count). The standard InChI is InChI=1S/C25H28F4N6O3S2/c1-40(36,37)38-21-4-2-3-16-12-30-24(31-13-17(16)21)19-14-39-25(32-19)15-5-7-34(8-6-15)9-10-35-20(23(28)29)11-18(33-35)22(26)27/h2-4,9-11,14-15,22-24,30-31H,5-8,12-13H2,1H3. The van der Waals surface area contributed by atoms with E-state index in [0.29, 0.717) is 31.9 Å². The van der Waals surface area contributed by atoms with Gasteiger partial charge in [-0.05, 0) is 30.5 Å². The van der Waals surface area contributed by atoms with E-state index in [-0.39, 0.29) is 12.1 Å². The molecule has 1 aromatic carbocycles. The third kappa shape index (κ3) is 6.65. The van der Waals surface area contributed by atoms with Crippen LogP contribution >= 0.6 is 11.3 Å². The molecule has 2 aromatic heterocycles. The molecule has 1 unspecified atom stereocenters. The van der Waals surface area contributed by atoms with Crippen LogP contribution in [0.2, 0.25) is 0 Å². The quantitative estimate of drug-likeness (QED) is 0.282. The van der Waals surface area contributed by atoms with E-state index < -0.39 is 34.4 Å². The van der Waals surface area contributed by atoms with Crippen LogP contribution in [0.15, 0.2) is 35.8 Å². The number of benzene rings is 1. The first-order valence-corrected chi connectivity index (χ1v) is 15.3. The number of nitrogens with zero attached hydrogens (tertiary/aromatic N) is 4. The summed E-state index contributed by atoms with van der Waals surface area (Å²) in [5.41, 5.74) is 1.31. The van der Waals surface area contributed by atoms with E-state index in [1.165, 1.54) is 6.20 Å². The molecular formula is C25H28F4N6O3S2. The Balaban J connectivity index is 1.19. The fourth-order valence-corrected chi connectivity index (χ4v) is 6.31. The van der Waals surface area contributed by atoms with Crippen molar-refractivity contribution in [1.82, 2.24) is 30.3 Å². The van der Waals surface area contributed by atoms with Crippen LogP contribution in [0, 0.1) is 0 Å². The van der Waals surface area contributed by atoms with E-state index in [1.807, 2.05) is 16.3 Å². The number of aromatic nitrogens is 3. The first-order chi connectivity index (χ1) is 19.1. The summed E-state index contributed by atoms with van der Waals surface area (Å²) >= 11 is 1.57. The molecule has 1 fully saturated rings. The van der Waals surface area contributed by atoms with Gasteiger partial charge in [-0.25, -0.2) is 27.2 Å². The van der Waals surface area contributed by atoms with Gasteiger partial charge in [0.15, 0.2) is 0 Å². The Morgan fingerprint density at radius 1 is 1.10 bits per heavy atom. The molecule has 2 N–H and O–H groups in total. The third-order valence-electron chi connectivity index (χ3n) is 6.81. The highest BCUT2D eigenvalue weighted by Crippen LogP contribution is 2.33. The number of likely N-dealkylation sites (tertiary alicyclic amines) is 1. The van der Waals surface area contributed by atoms with Gasteiger partial charge in [0.2, 0.25) is 0 Å². The van der Waals surface area contributed by atoms with E-state index in [4.69, 9.17) is 9.17 Å². The second-order valence-corrected chi connectivity index (χ2v) is 12.1. The van der Waals surface area contributed by atoms with Crippen LogP contribution in [0.25, 0.3) is 6.20 Å². The van der Waals surface area contributed by atoms with E-state index >= 15 is 0 Å². The lowest BCUT2D eigenvalue weighted by Gasteiger charge is -2.30. The molecule has 1 atom stereocenters. The summed E-state index contributed by atoms with van der Waals surface area (Å²) in [5, 5.41) is 13.4. The van der Waals surface area contributed by atoms with Crippen LogP contribution in [-0.4, -0.2) is 47.4 Å². The maximum Gasteiger partial charge on any atom is 0.306 e. The highest BCUT2D eigenvalue weighted by molar-refractivity contribution is 7.86. The molecule has 15 heteroatoms.